The first-order chi connectivity index (χ1) is 10.9. The van der Waals surface area contributed by atoms with E-state index in [-0.39, 0.29) is 12.5 Å². The fourth-order valence-corrected chi connectivity index (χ4v) is 2.52. The lowest BCUT2D eigenvalue weighted by Crippen LogP contribution is -2.24. The third-order valence-corrected chi connectivity index (χ3v) is 3.96. The van der Waals surface area contributed by atoms with Gasteiger partial charge >= 0.3 is 5.76 Å². The van der Waals surface area contributed by atoms with Crippen molar-refractivity contribution < 1.29 is 9.21 Å². The number of hydrogen-bond donors (Lipinski definition) is 1. The zero-order valence-electron chi connectivity index (χ0n) is 12.7. The van der Waals surface area contributed by atoms with Crippen molar-refractivity contribution in [3.63, 3.8) is 0 Å². The van der Waals surface area contributed by atoms with Crippen LogP contribution in [0.2, 0.25) is 5.02 Å². The average molecular weight is 331 g/mol. The van der Waals surface area contributed by atoms with E-state index in [1.165, 1.54) is 4.57 Å². The van der Waals surface area contributed by atoms with Gasteiger partial charge in [0.1, 0.15) is 6.54 Å². The third kappa shape index (κ3) is 3.14. The molecule has 0 saturated heterocycles. The molecule has 0 unspecified atom stereocenters. The van der Waals surface area contributed by atoms with E-state index in [0.717, 1.165) is 11.1 Å². The molecule has 0 fully saturated rings. The summed E-state index contributed by atoms with van der Waals surface area (Å²) in [5.74, 6) is -0.884. The van der Waals surface area contributed by atoms with Gasteiger partial charge in [-0.3, -0.25) is 9.36 Å². The van der Waals surface area contributed by atoms with Crippen LogP contribution < -0.4 is 11.1 Å². The second-order valence-corrected chi connectivity index (χ2v) is 5.85. The number of aromatic nitrogens is 1. The van der Waals surface area contributed by atoms with Crippen molar-refractivity contribution >= 4 is 34.3 Å². The van der Waals surface area contributed by atoms with Gasteiger partial charge in [0, 0.05) is 16.8 Å². The van der Waals surface area contributed by atoms with Gasteiger partial charge in [0.15, 0.2) is 5.58 Å². The Bertz CT molecular complexity index is 956. The number of nitrogens with one attached hydrogen (secondary N) is 1. The van der Waals surface area contributed by atoms with Gasteiger partial charge in [-0.05, 0) is 49.2 Å². The Labute approximate surface area is 137 Å². The second kappa shape index (κ2) is 5.93. The van der Waals surface area contributed by atoms with E-state index >= 15 is 0 Å². The lowest BCUT2D eigenvalue weighted by Gasteiger charge is -2.08. The topological polar surface area (TPSA) is 64.2 Å². The Kier molecular flexibility index (Phi) is 3.96. The summed E-state index contributed by atoms with van der Waals surface area (Å²) in [5, 5.41) is 3.26. The molecule has 23 heavy (non-hydrogen) atoms. The van der Waals surface area contributed by atoms with Crippen LogP contribution in [0.5, 0.6) is 0 Å². The Balaban J connectivity index is 1.84. The maximum Gasteiger partial charge on any atom is 0.420 e. The summed E-state index contributed by atoms with van der Waals surface area (Å²) in [5.41, 5.74) is 3.83. The number of carbonyl (C=O) groups is 1. The van der Waals surface area contributed by atoms with Gasteiger partial charge in [-0.15, -0.1) is 0 Å². The standard InChI is InChI=1S/C17H15ClN2O3/c1-10-3-5-13(7-11(10)2)19-16(21)9-20-14-6-4-12(18)8-15(14)23-17(20)22/h3-8H,9H2,1-2H3,(H,19,21). The molecule has 0 radical (unpaired) electrons. The number of halogens is 1. The Hall–Kier alpha value is -2.53. The molecule has 1 aromatic heterocycles. The van der Waals surface area contributed by atoms with Crippen LogP contribution in [0, 0.1) is 13.8 Å². The van der Waals surface area contributed by atoms with E-state index in [4.69, 9.17) is 16.0 Å². The number of aryl methyl sites for hydroxylation is 2. The second-order valence-electron chi connectivity index (χ2n) is 5.41. The summed E-state index contributed by atoms with van der Waals surface area (Å²) in [7, 11) is 0. The number of rotatable bonds is 3. The first kappa shape index (κ1) is 15.4. The maximum absolute atomic E-state index is 12.2. The predicted molar refractivity (Wildman–Crippen MR) is 90.0 cm³/mol. The highest BCUT2D eigenvalue weighted by atomic mass is 35.5. The lowest BCUT2D eigenvalue weighted by atomic mass is 10.1. The summed E-state index contributed by atoms with van der Waals surface area (Å²) in [4.78, 5) is 24.1. The molecule has 2 aromatic carbocycles. The summed E-state index contributed by atoms with van der Waals surface area (Å²) in [6, 6.07) is 10.5. The van der Waals surface area contributed by atoms with Crippen molar-refractivity contribution in [3.05, 3.63) is 63.1 Å². The van der Waals surface area contributed by atoms with Crippen LogP contribution in [0.25, 0.3) is 11.1 Å². The molecular weight excluding hydrogens is 316 g/mol. The molecule has 5 nitrogen and oxygen atoms in total. The number of carbonyl (C=O) groups excluding carboxylic acids is 1. The monoisotopic (exact) mass is 330 g/mol. The Morgan fingerprint density at radius 3 is 2.70 bits per heavy atom. The molecule has 1 N–H and O–H groups in total. The van der Waals surface area contributed by atoms with Crippen LogP contribution in [-0.4, -0.2) is 10.5 Å². The lowest BCUT2D eigenvalue weighted by molar-refractivity contribution is -0.116. The van der Waals surface area contributed by atoms with Gasteiger partial charge in [-0.2, -0.15) is 0 Å². The number of hydrogen-bond acceptors (Lipinski definition) is 3. The van der Waals surface area contributed by atoms with E-state index in [2.05, 4.69) is 5.32 Å². The van der Waals surface area contributed by atoms with E-state index in [0.29, 0.717) is 21.8 Å². The molecular formula is C17H15ClN2O3. The SMILES string of the molecule is Cc1ccc(NC(=O)Cn2c(=O)oc3cc(Cl)ccc32)cc1C. The van der Waals surface area contributed by atoms with Crippen molar-refractivity contribution in [1.29, 1.82) is 0 Å². The molecule has 0 saturated carbocycles. The number of benzene rings is 2. The van der Waals surface area contributed by atoms with Gasteiger partial charge in [-0.1, -0.05) is 17.7 Å². The highest BCUT2D eigenvalue weighted by Crippen LogP contribution is 2.19. The highest BCUT2D eigenvalue weighted by Gasteiger charge is 2.13. The van der Waals surface area contributed by atoms with E-state index in [1.54, 1.807) is 18.2 Å². The van der Waals surface area contributed by atoms with Crippen molar-refractivity contribution in [1.82, 2.24) is 4.57 Å². The molecule has 0 spiro atoms. The molecule has 6 heteroatoms. The van der Waals surface area contributed by atoms with Crippen LogP contribution in [0.1, 0.15) is 11.1 Å². The summed E-state index contributed by atoms with van der Waals surface area (Å²) in [6.45, 7) is 3.85. The smallest absolute Gasteiger partial charge is 0.408 e. The molecule has 0 bridgehead atoms. The number of amides is 1. The minimum absolute atomic E-state index is 0.125. The number of oxazole rings is 1. The normalized spacial score (nSPS) is 10.9. The average Bonchev–Trinajstić information content (AvgIpc) is 2.78. The van der Waals surface area contributed by atoms with Gasteiger partial charge in [0.2, 0.25) is 5.91 Å². The van der Waals surface area contributed by atoms with Crippen LogP contribution in [-0.2, 0) is 11.3 Å². The number of nitrogens with zero attached hydrogens (tertiary/aromatic N) is 1. The van der Waals surface area contributed by atoms with Gasteiger partial charge < -0.3 is 9.73 Å². The molecule has 0 aliphatic heterocycles. The Morgan fingerprint density at radius 1 is 1.17 bits per heavy atom. The quantitative estimate of drug-likeness (QED) is 0.799. The van der Waals surface area contributed by atoms with E-state index in [9.17, 15) is 9.59 Å². The van der Waals surface area contributed by atoms with Gasteiger partial charge in [0.25, 0.3) is 0 Å². The first-order valence-electron chi connectivity index (χ1n) is 7.10. The molecule has 3 rings (SSSR count). The van der Waals surface area contributed by atoms with Crippen molar-refractivity contribution in [3.8, 4) is 0 Å². The van der Waals surface area contributed by atoms with Gasteiger partial charge in [-0.25, -0.2) is 4.79 Å². The zero-order chi connectivity index (χ0) is 16.6. The van der Waals surface area contributed by atoms with Crippen LogP contribution in [0.3, 0.4) is 0 Å². The van der Waals surface area contributed by atoms with Crippen molar-refractivity contribution in [2.75, 3.05) is 5.32 Å². The van der Waals surface area contributed by atoms with E-state index < -0.39 is 5.76 Å². The third-order valence-electron chi connectivity index (χ3n) is 3.72. The summed E-state index contributed by atoms with van der Waals surface area (Å²) < 4.78 is 6.39. The fraction of sp³-hybridized carbons (Fsp3) is 0.176. The molecule has 3 aromatic rings. The molecule has 1 amide bonds. The largest absolute Gasteiger partial charge is 0.420 e. The Morgan fingerprint density at radius 2 is 1.96 bits per heavy atom. The van der Waals surface area contributed by atoms with Crippen LogP contribution in [0.15, 0.2) is 45.6 Å². The minimum atomic E-state index is -0.586. The molecule has 0 atom stereocenters. The summed E-state index contributed by atoms with van der Waals surface area (Å²) in [6.07, 6.45) is 0. The number of fused-ring (bicyclic) bond motifs is 1. The van der Waals surface area contributed by atoms with Crippen molar-refractivity contribution in [2.45, 2.75) is 20.4 Å². The predicted octanol–water partition coefficient (Wildman–Crippen LogP) is 3.50. The van der Waals surface area contributed by atoms with E-state index in [1.807, 2.05) is 32.0 Å². The minimum Gasteiger partial charge on any atom is -0.408 e. The maximum atomic E-state index is 12.2. The molecule has 118 valence electrons. The first-order valence-corrected chi connectivity index (χ1v) is 7.48. The highest BCUT2D eigenvalue weighted by molar-refractivity contribution is 6.31. The molecule has 0 aliphatic rings. The van der Waals surface area contributed by atoms with Gasteiger partial charge in [0.05, 0.1) is 5.52 Å². The summed E-state index contributed by atoms with van der Waals surface area (Å²) >= 11 is 5.87. The molecule has 0 aliphatic carbocycles. The molecule has 1 heterocycles. The fourth-order valence-electron chi connectivity index (χ4n) is 2.35. The van der Waals surface area contributed by atoms with Crippen LogP contribution in [0.4, 0.5) is 5.69 Å². The van der Waals surface area contributed by atoms with Crippen LogP contribution >= 0.6 is 11.6 Å². The zero-order valence-corrected chi connectivity index (χ0v) is 13.5. The van der Waals surface area contributed by atoms with Crippen molar-refractivity contribution in [2.24, 2.45) is 0 Å². The number of anilines is 1.